The van der Waals surface area contributed by atoms with Gasteiger partial charge in [0.05, 0.1) is 0 Å². The second-order valence-corrected chi connectivity index (χ2v) is 5.57. The summed E-state index contributed by atoms with van der Waals surface area (Å²) in [5.41, 5.74) is 4.39. The molecule has 0 aromatic heterocycles. The zero-order valence-electron chi connectivity index (χ0n) is 12.2. The highest BCUT2D eigenvalue weighted by Gasteiger charge is 2.14. The molecule has 0 saturated heterocycles. The highest BCUT2D eigenvalue weighted by Crippen LogP contribution is 2.23. The molecular formula is C18H20N2O. The minimum atomic E-state index is 0.00693. The molecule has 0 fully saturated rings. The van der Waals surface area contributed by atoms with Crippen LogP contribution < -0.4 is 10.6 Å². The maximum absolute atomic E-state index is 12.2. The van der Waals surface area contributed by atoms with Crippen LogP contribution in [0.4, 0.5) is 5.69 Å². The number of amides is 1. The molecule has 1 heterocycles. The molecule has 1 unspecified atom stereocenters. The Labute approximate surface area is 125 Å². The van der Waals surface area contributed by atoms with Gasteiger partial charge in [0, 0.05) is 24.3 Å². The third-order valence-electron chi connectivity index (χ3n) is 4.01. The van der Waals surface area contributed by atoms with Crippen molar-refractivity contribution in [1.29, 1.82) is 0 Å². The van der Waals surface area contributed by atoms with Gasteiger partial charge in [0.1, 0.15) is 0 Å². The number of carbonyl (C=O) groups excluding carboxylic acids is 1. The Morgan fingerprint density at radius 2 is 2.05 bits per heavy atom. The molecule has 0 bridgehead atoms. The molecule has 0 radical (unpaired) electrons. The van der Waals surface area contributed by atoms with Crippen LogP contribution in [0.1, 0.15) is 34.3 Å². The van der Waals surface area contributed by atoms with Gasteiger partial charge in [-0.2, -0.15) is 0 Å². The van der Waals surface area contributed by atoms with Gasteiger partial charge in [0.25, 0.3) is 5.91 Å². The van der Waals surface area contributed by atoms with E-state index in [-0.39, 0.29) is 5.91 Å². The molecule has 0 aliphatic carbocycles. The lowest BCUT2D eigenvalue weighted by atomic mass is 10.0. The van der Waals surface area contributed by atoms with E-state index in [1.54, 1.807) is 0 Å². The summed E-state index contributed by atoms with van der Waals surface area (Å²) >= 11 is 0. The summed E-state index contributed by atoms with van der Waals surface area (Å²) in [6.45, 7) is 3.74. The van der Waals surface area contributed by atoms with Gasteiger partial charge in [-0.15, -0.1) is 0 Å². The van der Waals surface area contributed by atoms with E-state index in [1.165, 1.54) is 11.1 Å². The van der Waals surface area contributed by atoms with Crippen LogP contribution in [0.3, 0.4) is 0 Å². The molecular weight excluding hydrogens is 260 g/mol. The second kappa shape index (κ2) is 6.00. The molecule has 0 saturated carbocycles. The number of anilines is 1. The average Bonchev–Trinajstić information content (AvgIpc) is 3.00. The van der Waals surface area contributed by atoms with Crippen molar-refractivity contribution in [3.05, 3.63) is 65.2 Å². The Bertz CT molecular complexity index is 637. The van der Waals surface area contributed by atoms with Crippen LogP contribution in [0, 0.1) is 0 Å². The molecule has 108 valence electrons. The highest BCUT2D eigenvalue weighted by atomic mass is 16.1. The van der Waals surface area contributed by atoms with Crippen molar-refractivity contribution in [3.8, 4) is 0 Å². The van der Waals surface area contributed by atoms with Gasteiger partial charge in [-0.25, -0.2) is 0 Å². The summed E-state index contributed by atoms with van der Waals surface area (Å²) in [7, 11) is 0. The van der Waals surface area contributed by atoms with Crippen molar-refractivity contribution in [1.82, 2.24) is 5.32 Å². The van der Waals surface area contributed by atoms with Gasteiger partial charge in [-0.3, -0.25) is 4.79 Å². The lowest BCUT2D eigenvalue weighted by Gasteiger charge is -2.13. The van der Waals surface area contributed by atoms with Crippen molar-refractivity contribution in [3.63, 3.8) is 0 Å². The number of hydrogen-bond donors (Lipinski definition) is 2. The van der Waals surface area contributed by atoms with Crippen molar-refractivity contribution in [2.45, 2.75) is 19.3 Å². The lowest BCUT2D eigenvalue weighted by Crippen LogP contribution is -2.27. The van der Waals surface area contributed by atoms with E-state index in [4.69, 9.17) is 0 Å². The fraction of sp³-hybridized carbons (Fsp3) is 0.278. The minimum Gasteiger partial charge on any atom is -0.384 e. The van der Waals surface area contributed by atoms with Gasteiger partial charge >= 0.3 is 0 Å². The topological polar surface area (TPSA) is 41.1 Å². The Morgan fingerprint density at radius 1 is 1.24 bits per heavy atom. The Kier molecular flexibility index (Phi) is 3.91. The molecule has 21 heavy (non-hydrogen) atoms. The number of hydrogen-bond acceptors (Lipinski definition) is 2. The maximum Gasteiger partial charge on any atom is 0.251 e. The SMILES string of the molecule is CC(CNC(=O)c1ccc2c(c1)CCN2)c1ccccc1. The van der Waals surface area contributed by atoms with Gasteiger partial charge in [0.2, 0.25) is 0 Å². The Morgan fingerprint density at radius 3 is 2.86 bits per heavy atom. The van der Waals surface area contributed by atoms with E-state index in [1.807, 2.05) is 36.4 Å². The molecule has 2 aromatic rings. The van der Waals surface area contributed by atoms with Crippen LogP contribution in [-0.2, 0) is 6.42 Å². The molecule has 2 aromatic carbocycles. The highest BCUT2D eigenvalue weighted by molar-refractivity contribution is 5.95. The van der Waals surface area contributed by atoms with E-state index in [0.717, 1.165) is 24.2 Å². The van der Waals surface area contributed by atoms with Crippen molar-refractivity contribution in [2.24, 2.45) is 0 Å². The first kappa shape index (κ1) is 13.7. The van der Waals surface area contributed by atoms with E-state index in [0.29, 0.717) is 12.5 Å². The van der Waals surface area contributed by atoms with Gasteiger partial charge in [0.15, 0.2) is 0 Å². The largest absolute Gasteiger partial charge is 0.384 e. The maximum atomic E-state index is 12.2. The predicted molar refractivity (Wildman–Crippen MR) is 85.8 cm³/mol. The zero-order chi connectivity index (χ0) is 14.7. The average molecular weight is 280 g/mol. The first-order valence-corrected chi connectivity index (χ1v) is 7.44. The smallest absolute Gasteiger partial charge is 0.251 e. The van der Waals surface area contributed by atoms with Crippen molar-refractivity contribution >= 4 is 11.6 Å². The number of carbonyl (C=O) groups is 1. The first-order valence-electron chi connectivity index (χ1n) is 7.44. The Hall–Kier alpha value is -2.29. The third-order valence-corrected chi connectivity index (χ3v) is 4.01. The summed E-state index contributed by atoms with van der Waals surface area (Å²) in [5, 5.41) is 6.34. The molecule has 3 nitrogen and oxygen atoms in total. The van der Waals surface area contributed by atoms with Crippen LogP contribution in [0.15, 0.2) is 48.5 Å². The standard InChI is InChI=1S/C18H20N2O/c1-13(14-5-3-2-4-6-14)12-20-18(21)16-7-8-17-15(11-16)9-10-19-17/h2-8,11,13,19H,9-10,12H2,1H3,(H,20,21). The third kappa shape index (κ3) is 3.07. The number of fused-ring (bicyclic) bond motifs is 1. The predicted octanol–water partition coefficient (Wildman–Crippen LogP) is 3.19. The van der Waals surface area contributed by atoms with E-state index >= 15 is 0 Å². The summed E-state index contributed by atoms with van der Waals surface area (Å²) in [4.78, 5) is 12.2. The molecule has 3 rings (SSSR count). The summed E-state index contributed by atoms with van der Waals surface area (Å²) < 4.78 is 0. The number of rotatable bonds is 4. The fourth-order valence-corrected chi connectivity index (χ4v) is 2.69. The molecule has 1 amide bonds. The monoisotopic (exact) mass is 280 g/mol. The second-order valence-electron chi connectivity index (χ2n) is 5.57. The quantitative estimate of drug-likeness (QED) is 0.903. The summed E-state index contributed by atoms with van der Waals surface area (Å²) in [6, 6.07) is 16.1. The summed E-state index contributed by atoms with van der Waals surface area (Å²) in [6.07, 6.45) is 0.997. The molecule has 1 aliphatic heterocycles. The molecule has 1 aliphatic rings. The fourth-order valence-electron chi connectivity index (χ4n) is 2.69. The number of nitrogens with one attached hydrogen (secondary N) is 2. The zero-order valence-corrected chi connectivity index (χ0v) is 12.2. The summed E-state index contributed by atoms with van der Waals surface area (Å²) in [5.74, 6) is 0.318. The van der Waals surface area contributed by atoms with Crippen LogP contribution >= 0.6 is 0 Å². The van der Waals surface area contributed by atoms with Crippen LogP contribution in [-0.4, -0.2) is 19.0 Å². The van der Waals surface area contributed by atoms with Crippen LogP contribution in [0.5, 0.6) is 0 Å². The van der Waals surface area contributed by atoms with Gasteiger partial charge in [-0.05, 0) is 41.7 Å². The van der Waals surface area contributed by atoms with Gasteiger partial charge in [-0.1, -0.05) is 37.3 Å². The minimum absolute atomic E-state index is 0.00693. The molecule has 1 atom stereocenters. The van der Waals surface area contributed by atoms with Gasteiger partial charge < -0.3 is 10.6 Å². The molecule has 3 heteroatoms. The van der Waals surface area contributed by atoms with E-state index in [9.17, 15) is 4.79 Å². The molecule has 2 N–H and O–H groups in total. The Balaban J connectivity index is 1.62. The van der Waals surface area contributed by atoms with Crippen molar-refractivity contribution in [2.75, 3.05) is 18.4 Å². The lowest BCUT2D eigenvalue weighted by molar-refractivity contribution is 0.0951. The first-order chi connectivity index (χ1) is 10.2. The van der Waals surface area contributed by atoms with Crippen LogP contribution in [0.2, 0.25) is 0 Å². The molecule has 0 spiro atoms. The number of benzene rings is 2. The normalized spacial score (nSPS) is 14.1. The van der Waals surface area contributed by atoms with E-state index < -0.39 is 0 Å². The van der Waals surface area contributed by atoms with E-state index in [2.05, 4.69) is 29.7 Å². The van der Waals surface area contributed by atoms with Crippen LogP contribution in [0.25, 0.3) is 0 Å². The van der Waals surface area contributed by atoms with Crippen molar-refractivity contribution < 1.29 is 4.79 Å².